The second-order valence-electron chi connectivity index (χ2n) is 11.9. The van der Waals surface area contributed by atoms with Gasteiger partial charge in [-0.05, 0) is 69.2 Å². The monoisotopic (exact) mass is 584 g/mol. The lowest BCUT2D eigenvalue weighted by Gasteiger charge is -2.22. The number of aromatic nitrogens is 1. The van der Waals surface area contributed by atoms with Crippen LogP contribution in [0.4, 0.5) is 13.2 Å². The van der Waals surface area contributed by atoms with Crippen molar-refractivity contribution in [2.45, 2.75) is 96.2 Å². The predicted octanol–water partition coefficient (Wildman–Crippen LogP) is 6.98. The molecule has 0 bridgehead atoms. The summed E-state index contributed by atoms with van der Waals surface area (Å²) in [5, 5.41) is 2.99. The van der Waals surface area contributed by atoms with Crippen LogP contribution in [0.5, 0.6) is 0 Å². The SMILES string of the molecule is CC(C)(C)NSc1ccc(-c2sc(C(=O)NCCC(C)(C)C(N)=O)nc2CC2CCCCC2)cc1C(F)(F)F. The summed E-state index contributed by atoms with van der Waals surface area (Å²) in [6, 6.07) is 4.33. The van der Waals surface area contributed by atoms with E-state index in [-0.39, 0.29) is 22.0 Å². The highest BCUT2D eigenvalue weighted by Gasteiger charge is 2.35. The first-order valence-corrected chi connectivity index (χ1v) is 14.9. The van der Waals surface area contributed by atoms with Crippen molar-refractivity contribution < 1.29 is 22.8 Å². The van der Waals surface area contributed by atoms with Crippen molar-refractivity contribution in [1.29, 1.82) is 0 Å². The molecule has 39 heavy (non-hydrogen) atoms. The molecule has 0 unspecified atom stereocenters. The van der Waals surface area contributed by atoms with Crippen LogP contribution in [-0.2, 0) is 17.4 Å². The van der Waals surface area contributed by atoms with Crippen LogP contribution in [0.2, 0.25) is 0 Å². The Hall–Kier alpha value is -2.11. The van der Waals surface area contributed by atoms with Crippen molar-refractivity contribution in [3.05, 3.63) is 34.5 Å². The van der Waals surface area contributed by atoms with Gasteiger partial charge in [0.1, 0.15) is 0 Å². The summed E-state index contributed by atoms with van der Waals surface area (Å²) in [6.07, 6.45) is 1.96. The maximum absolute atomic E-state index is 14.1. The van der Waals surface area contributed by atoms with Crippen molar-refractivity contribution in [2.24, 2.45) is 17.1 Å². The zero-order valence-electron chi connectivity index (χ0n) is 23.3. The minimum atomic E-state index is -4.54. The molecular weight excluding hydrogens is 545 g/mol. The van der Waals surface area contributed by atoms with Crippen LogP contribution in [0.1, 0.15) is 94.2 Å². The lowest BCUT2D eigenvalue weighted by Crippen LogP contribution is -2.35. The molecule has 4 N–H and O–H groups in total. The predicted molar refractivity (Wildman–Crippen MR) is 152 cm³/mol. The number of rotatable bonds is 10. The highest BCUT2D eigenvalue weighted by atomic mass is 32.2. The third kappa shape index (κ3) is 8.94. The molecule has 2 amide bonds. The fraction of sp³-hybridized carbons (Fsp3) is 0.607. The number of primary amides is 1. The average Bonchev–Trinajstić information content (AvgIpc) is 3.26. The van der Waals surface area contributed by atoms with Crippen LogP contribution in [0.15, 0.2) is 23.1 Å². The highest BCUT2D eigenvalue weighted by molar-refractivity contribution is 7.97. The molecule has 6 nitrogen and oxygen atoms in total. The molecular formula is C28H39F3N4O2S2. The Morgan fingerprint density at radius 3 is 2.36 bits per heavy atom. The van der Waals surface area contributed by atoms with Gasteiger partial charge >= 0.3 is 6.18 Å². The first-order valence-electron chi connectivity index (χ1n) is 13.3. The molecule has 1 heterocycles. The second-order valence-corrected chi connectivity index (χ2v) is 13.8. The molecule has 0 atom stereocenters. The number of carbonyl (C=O) groups excluding carboxylic acids is 2. The van der Waals surface area contributed by atoms with Gasteiger partial charge in [-0.1, -0.05) is 52.0 Å². The van der Waals surface area contributed by atoms with Gasteiger partial charge in [0, 0.05) is 22.4 Å². The first kappa shape index (κ1) is 31.4. The summed E-state index contributed by atoms with van der Waals surface area (Å²) < 4.78 is 45.4. The van der Waals surface area contributed by atoms with Gasteiger partial charge in [-0.2, -0.15) is 13.2 Å². The van der Waals surface area contributed by atoms with Crippen molar-refractivity contribution in [2.75, 3.05) is 6.54 Å². The molecule has 1 aliphatic rings. The van der Waals surface area contributed by atoms with Gasteiger partial charge < -0.3 is 11.1 Å². The van der Waals surface area contributed by atoms with E-state index in [0.29, 0.717) is 34.9 Å². The topological polar surface area (TPSA) is 97.1 Å². The van der Waals surface area contributed by atoms with Crippen LogP contribution in [0, 0.1) is 11.3 Å². The van der Waals surface area contributed by atoms with E-state index in [9.17, 15) is 22.8 Å². The second kappa shape index (κ2) is 12.6. The Balaban J connectivity index is 1.93. The third-order valence-corrected chi connectivity index (χ3v) is 9.25. The molecule has 1 aromatic heterocycles. The molecule has 11 heteroatoms. The van der Waals surface area contributed by atoms with E-state index < -0.39 is 29.0 Å². The largest absolute Gasteiger partial charge is 0.417 e. The normalized spacial score (nSPS) is 15.4. The van der Waals surface area contributed by atoms with E-state index >= 15 is 0 Å². The van der Waals surface area contributed by atoms with E-state index in [1.54, 1.807) is 19.9 Å². The van der Waals surface area contributed by atoms with Gasteiger partial charge in [-0.3, -0.25) is 14.3 Å². The molecule has 1 saturated carbocycles. The van der Waals surface area contributed by atoms with Gasteiger partial charge in [-0.15, -0.1) is 11.3 Å². The Bertz CT molecular complexity index is 1170. The summed E-state index contributed by atoms with van der Waals surface area (Å²) in [4.78, 5) is 29.9. The number of carbonyl (C=O) groups is 2. The number of hydrogen-bond acceptors (Lipinski definition) is 6. The number of nitrogens with zero attached hydrogens (tertiary/aromatic N) is 1. The van der Waals surface area contributed by atoms with Crippen molar-refractivity contribution in [3.8, 4) is 10.4 Å². The first-order chi connectivity index (χ1) is 18.1. The number of hydrogen-bond donors (Lipinski definition) is 3. The van der Waals surface area contributed by atoms with E-state index in [4.69, 9.17) is 5.73 Å². The number of benzene rings is 1. The number of nitrogens with two attached hydrogens (primary N) is 1. The molecule has 0 aliphatic heterocycles. The van der Waals surface area contributed by atoms with Crippen LogP contribution in [-0.4, -0.2) is 28.9 Å². The summed E-state index contributed by atoms with van der Waals surface area (Å²) in [5.74, 6) is -0.475. The smallest absolute Gasteiger partial charge is 0.369 e. The molecule has 0 spiro atoms. The highest BCUT2D eigenvalue weighted by Crippen LogP contribution is 2.41. The quantitative estimate of drug-likeness (QED) is 0.262. The molecule has 3 rings (SSSR count). The number of thiazole rings is 1. The van der Waals surface area contributed by atoms with Crippen molar-refractivity contribution in [1.82, 2.24) is 15.0 Å². The van der Waals surface area contributed by atoms with Crippen LogP contribution >= 0.6 is 23.3 Å². The molecule has 2 aromatic rings. The minimum absolute atomic E-state index is 0.0922. The van der Waals surface area contributed by atoms with E-state index in [1.807, 2.05) is 20.8 Å². The average molecular weight is 585 g/mol. The molecule has 1 fully saturated rings. The zero-order chi connectivity index (χ0) is 29.0. The van der Waals surface area contributed by atoms with Gasteiger partial charge in [0.05, 0.1) is 16.1 Å². The van der Waals surface area contributed by atoms with Gasteiger partial charge in [0.25, 0.3) is 5.91 Å². The van der Waals surface area contributed by atoms with Crippen molar-refractivity contribution >= 4 is 35.1 Å². The Labute approximate surface area is 237 Å². The Morgan fingerprint density at radius 1 is 1.10 bits per heavy atom. The van der Waals surface area contributed by atoms with E-state index in [2.05, 4.69) is 15.0 Å². The fourth-order valence-corrected chi connectivity index (χ4v) is 6.20. The van der Waals surface area contributed by atoms with Crippen molar-refractivity contribution in [3.63, 3.8) is 0 Å². The number of alkyl halides is 3. The molecule has 0 radical (unpaired) electrons. The third-order valence-electron chi connectivity index (χ3n) is 6.82. The number of amides is 2. The summed E-state index contributed by atoms with van der Waals surface area (Å²) in [6.45, 7) is 9.31. The van der Waals surface area contributed by atoms with Gasteiger partial charge in [0.2, 0.25) is 5.91 Å². The maximum Gasteiger partial charge on any atom is 0.417 e. The Morgan fingerprint density at radius 2 is 1.77 bits per heavy atom. The van der Waals surface area contributed by atoms with Gasteiger partial charge in [0.15, 0.2) is 5.01 Å². The lowest BCUT2D eigenvalue weighted by molar-refractivity contribution is -0.139. The van der Waals surface area contributed by atoms with Crippen LogP contribution in [0.25, 0.3) is 10.4 Å². The van der Waals surface area contributed by atoms with Crippen LogP contribution < -0.4 is 15.8 Å². The summed E-state index contributed by atoms with van der Waals surface area (Å²) >= 11 is 2.07. The number of halogens is 3. The van der Waals surface area contributed by atoms with E-state index in [1.165, 1.54) is 18.6 Å². The van der Waals surface area contributed by atoms with E-state index in [0.717, 1.165) is 49.0 Å². The molecule has 216 valence electrons. The summed E-state index contributed by atoms with van der Waals surface area (Å²) in [5.41, 5.74) is 4.62. The Kier molecular flexibility index (Phi) is 10.1. The molecule has 0 saturated heterocycles. The fourth-order valence-electron chi connectivity index (χ4n) is 4.35. The standard InChI is InChI=1S/C28H39F3N4O2S2/c1-26(2,3)35-39-21-12-11-18(16-19(21)28(29,30)31)22-20(15-17-9-7-6-8-10-17)34-24(38-22)23(36)33-14-13-27(4,5)25(32)37/h11-12,16-17,35H,6-10,13-15H2,1-5H3,(H2,32,37)(H,33,36). The van der Waals surface area contributed by atoms with Crippen LogP contribution in [0.3, 0.4) is 0 Å². The zero-order valence-corrected chi connectivity index (χ0v) is 24.9. The van der Waals surface area contributed by atoms with Gasteiger partial charge in [-0.25, -0.2) is 4.98 Å². The maximum atomic E-state index is 14.1. The number of nitrogens with one attached hydrogen (secondary N) is 2. The molecule has 1 aromatic carbocycles. The summed E-state index contributed by atoms with van der Waals surface area (Å²) in [7, 11) is 0. The lowest BCUT2D eigenvalue weighted by atomic mass is 9.85. The minimum Gasteiger partial charge on any atom is -0.369 e. The molecule has 1 aliphatic carbocycles.